The minimum Gasteiger partial charge on any atom is -0.494 e. The third-order valence-corrected chi connectivity index (χ3v) is 4.12. The van der Waals surface area contributed by atoms with Crippen LogP contribution in [0.5, 0.6) is 5.75 Å². The van der Waals surface area contributed by atoms with Crippen molar-refractivity contribution in [1.29, 1.82) is 0 Å². The summed E-state index contributed by atoms with van der Waals surface area (Å²) in [5, 5.41) is 4.71. The monoisotopic (exact) mass is 347 g/mol. The molecule has 0 amide bonds. The smallest absolute Gasteiger partial charge is 0.182 e. The highest BCUT2D eigenvalue weighted by atomic mass is 32.2. The number of thioether (sulfide) groups is 1. The molecule has 4 nitrogen and oxygen atoms in total. The van der Waals surface area contributed by atoms with E-state index in [0.29, 0.717) is 23.2 Å². The molecule has 0 bridgehead atoms. The van der Waals surface area contributed by atoms with Crippen LogP contribution in [0.2, 0.25) is 0 Å². The first-order valence-corrected chi connectivity index (χ1v) is 8.36. The van der Waals surface area contributed by atoms with E-state index in [4.69, 9.17) is 4.74 Å². The summed E-state index contributed by atoms with van der Waals surface area (Å²) in [4.78, 5) is 4.43. The molecule has 1 N–H and O–H groups in total. The highest BCUT2D eigenvalue weighted by Crippen LogP contribution is 2.22. The Balaban J connectivity index is 1.73. The number of rotatable bonds is 4. The predicted octanol–water partition coefficient (Wildman–Crippen LogP) is 4.09. The Labute approximate surface area is 142 Å². The molecular weight excluding hydrogens is 332 g/mol. The van der Waals surface area contributed by atoms with Crippen LogP contribution < -0.4 is 10.2 Å². The molecule has 1 aliphatic heterocycles. The number of nitrogens with one attached hydrogen (secondary N) is 1. The first kappa shape index (κ1) is 16.4. The summed E-state index contributed by atoms with van der Waals surface area (Å²) in [5.74, 6) is 0.202. The maximum Gasteiger partial charge on any atom is 0.182 e. The van der Waals surface area contributed by atoms with Gasteiger partial charge in [-0.1, -0.05) is 11.8 Å². The fourth-order valence-corrected chi connectivity index (χ4v) is 2.90. The molecule has 1 aliphatic rings. The van der Waals surface area contributed by atoms with Crippen LogP contribution in [0, 0.1) is 11.6 Å². The average molecular weight is 347 g/mol. The normalized spacial score (nSPS) is 15.8. The molecule has 3 rings (SSSR count). The highest BCUT2D eigenvalue weighted by Gasteiger charge is 2.17. The molecule has 0 spiro atoms. The van der Waals surface area contributed by atoms with Crippen molar-refractivity contribution >= 4 is 28.3 Å². The quantitative estimate of drug-likeness (QED) is 0.906. The second-order valence-corrected chi connectivity index (χ2v) is 5.89. The number of hydrazone groups is 1. The van der Waals surface area contributed by atoms with Gasteiger partial charge in [0.2, 0.25) is 0 Å². The van der Waals surface area contributed by atoms with Crippen LogP contribution in [0.1, 0.15) is 12.5 Å². The molecule has 7 heteroatoms. The van der Waals surface area contributed by atoms with Crippen LogP contribution in [0.4, 0.5) is 14.5 Å². The zero-order valence-corrected chi connectivity index (χ0v) is 13.7. The SMILES string of the molecule is CCOc1ccc(N=C2NN=C(c3cc(F)ccc3F)CS2)cc1. The van der Waals surface area contributed by atoms with Crippen molar-refractivity contribution < 1.29 is 13.5 Å². The molecular formula is C17H15F2N3OS. The van der Waals surface area contributed by atoms with Gasteiger partial charge < -0.3 is 4.74 Å². The van der Waals surface area contributed by atoms with Gasteiger partial charge >= 0.3 is 0 Å². The number of ether oxygens (including phenoxy) is 1. The molecule has 0 aliphatic carbocycles. The maximum absolute atomic E-state index is 13.8. The molecule has 0 saturated heterocycles. The number of hydrogen-bond acceptors (Lipinski definition) is 4. The maximum atomic E-state index is 13.8. The Morgan fingerprint density at radius 2 is 2.00 bits per heavy atom. The van der Waals surface area contributed by atoms with Crippen molar-refractivity contribution in [2.75, 3.05) is 12.4 Å². The molecule has 0 saturated carbocycles. The minimum absolute atomic E-state index is 0.162. The number of amidine groups is 1. The third-order valence-electron chi connectivity index (χ3n) is 3.25. The highest BCUT2D eigenvalue weighted by molar-refractivity contribution is 8.14. The van der Waals surface area contributed by atoms with Crippen molar-refractivity contribution in [2.24, 2.45) is 10.1 Å². The average Bonchev–Trinajstić information content (AvgIpc) is 2.60. The number of hydrogen-bond donors (Lipinski definition) is 1. The molecule has 0 unspecified atom stereocenters. The van der Waals surface area contributed by atoms with Gasteiger partial charge in [-0.15, -0.1) is 0 Å². The van der Waals surface area contributed by atoms with Crippen molar-refractivity contribution in [3.05, 3.63) is 59.7 Å². The molecule has 0 aromatic heterocycles. The van der Waals surface area contributed by atoms with Crippen LogP contribution in [-0.2, 0) is 0 Å². The second kappa shape index (κ2) is 7.44. The summed E-state index contributed by atoms with van der Waals surface area (Å²) < 4.78 is 32.4. The predicted molar refractivity (Wildman–Crippen MR) is 93.2 cm³/mol. The lowest BCUT2D eigenvalue weighted by Crippen LogP contribution is -2.25. The van der Waals surface area contributed by atoms with E-state index in [0.717, 1.165) is 29.6 Å². The molecule has 0 fully saturated rings. The van der Waals surface area contributed by atoms with E-state index in [1.54, 1.807) is 0 Å². The molecule has 24 heavy (non-hydrogen) atoms. The van der Waals surface area contributed by atoms with Gasteiger partial charge in [0.1, 0.15) is 17.4 Å². The van der Waals surface area contributed by atoms with E-state index in [2.05, 4.69) is 15.5 Å². The van der Waals surface area contributed by atoms with E-state index in [1.807, 2.05) is 31.2 Å². The Morgan fingerprint density at radius 3 is 2.67 bits per heavy atom. The van der Waals surface area contributed by atoms with E-state index in [9.17, 15) is 8.78 Å². The summed E-state index contributed by atoms with van der Waals surface area (Å²) in [7, 11) is 0. The number of nitrogens with zero attached hydrogens (tertiary/aromatic N) is 2. The summed E-state index contributed by atoms with van der Waals surface area (Å²) in [6.07, 6.45) is 0. The Kier molecular flexibility index (Phi) is 5.10. The van der Waals surface area contributed by atoms with Gasteiger partial charge in [-0.25, -0.2) is 13.8 Å². The van der Waals surface area contributed by atoms with Crippen molar-refractivity contribution in [1.82, 2.24) is 5.43 Å². The van der Waals surface area contributed by atoms with Crippen molar-refractivity contribution in [2.45, 2.75) is 6.92 Å². The Hall–Kier alpha value is -2.41. The largest absolute Gasteiger partial charge is 0.494 e. The van der Waals surface area contributed by atoms with Gasteiger partial charge in [0.25, 0.3) is 0 Å². The summed E-state index contributed by atoms with van der Waals surface area (Å²) in [6, 6.07) is 10.7. The first-order chi connectivity index (χ1) is 11.7. The van der Waals surface area contributed by atoms with Gasteiger partial charge in [0.15, 0.2) is 5.17 Å². The van der Waals surface area contributed by atoms with Gasteiger partial charge in [-0.3, -0.25) is 5.43 Å². The summed E-state index contributed by atoms with van der Waals surface area (Å²) in [5.41, 5.74) is 4.15. The van der Waals surface area contributed by atoms with Crippen LogP contribution in [0.15, 0.2) is 52.6 Å². The molecule has 1 heterocycles. The minimum atomic E-state index is -0.496. The lowest BCUT2D eigenvalue weighted by atomic mass is 10.1. The van der Waals surface area contributed by atoms with Crippen LogP contribution in [0.25, 0.3) is 0 Å². The van der Waals surface area contributed by atoms with Crippen molar-refractivity contribution in [3.63, 3.8) is 0 Å². The topological polar surface area (TPSA) is 46.0 Å². The Bertz CT molecular complexity index is 791. The van der Waals surface area contributed by atoms with Crippen LogP contribution >= 0.6 is 11.8 Å². The lowest BCUT2D eigenvalue weighted by molar-refractivity contribution is 0.340. The van der Waals surface area contributed by atoms with E-state index >= 15 is 0 Å². The molecule has 0 radical (unpaired) electrons. The van der Waals surface area contributed by atoms with E-state index in [-0.39, 0.29) is 5.56 Å². The molecule has 2 aromatic rings. The van der Waals surface area contributed by atoms with Crippen LogP contribution in [0.3, 0.4) is 0 Å². The number of benzene rings is 2. The molecule has 124 valence electrons. The number of aliphatic imine (C=N–C) groups is 1. The zero-order chi connectivity index (χ0) is 16.9. The second-order valence-electron chi connectivity index (χ2n) is 4.93. The zero-order valence-electron chi connectivity index (χ0n) is 12.9. The van der Waals surface area contributed by atoms with E-state index in [1.165, 1.54) is 11.8 Å². The number of halogens is 2. The van der Waals surface area contributed by atoms with Crippen molar-refractivity contribution in [3.8, 4) is 5.75 Å². The first-order valence-electron chi connectivity index (χ1n) is 7.38. The Morgan fingerprint density at radius 1 is 1.21 bits per heavy atom. The molecule has 2 aromatic carbocycles. The van der Waals surface area contributed by atoms with E-state index < -0.39 is 11.6 Å². The fourth-order valence-electron chi connectivity index (χ4n) is 2.13. The third kappa shape index (κ3) is 3.91. The standard InChI is InChI=1S/C17H15F2N3OS/c1-2-23-13-6-4-12(5-7-13)20-17-22-21-16(10-24-17)14-9-11(18)3-8-15(14)19/h3-9H,2,10H2,1H3,(H,20,22). The van der Waals surface area contributed by atoms with Gasteiger partial charge in [-0.2, -0.15) is 5.10 Å². The molecule has 0 atom stereocenters. The van der Waals surface area contributed by atoms with Gasteiger partial charge in [0.05, 0.1) is 18.0 Å². The summed E-state index contributed by atoms with van der Waals surface area (Å²) >= 11 is 1.38. The van der Waals surface area contributed by atoms with Gasteiger partial charge in [0, 0.05) is 11.3 Å². The fraction of sp³-hybridized carbons (Fsp3) is 0.176. The summed E-state index contributed by atoms with van der Waals surface area (Å²) in [6.45, 7) is 2.53. The lowest BCUT2D eigenvalue weighted by Gasteiger charge is -2.15. The van der Waals surface area contributed by atoms with Gasteiger partial charge in [-0.05, 0) is 49.4 Å². The van der Waals surface area contributed by atoms with Crippen LogP contribution in [-0.4, -0.2) is 23.2 Å².